The van der Waals surface area contributed by atoms with Crippen LogP contribution in [0.4, 0.5) is 18.9 Å². The molecule has 0 spiro atoms. The molecule has 3 heterocycles. The van der Waals surface area contributed by atoms with Crippen LogP contribution in [0.3, 0.4) is 0 Å². The number of pyridine rings is 1. The number of fused-ring (bicyclic) bond motifs is 1. The number of carbonyl (C=O) groups excluding carboxylic acids is 1. The summed E-state index contributed by atoms with van der Waals surface area (Å²) >= 11 is 0. The average Bonchev–Trinajstić information content (AvgIpc) is 3.40. The molecular formula is C34H32F3N5O5S. The number of carbonyl (C=O) groups is 1. The van der Waals surface area contributed by atoms with Crippen LogP contribution >= 0.6 is 0 Å². The lowest BCUT2D eigenvalue weighted by Gasteiger charge is -2.34. The van der Waals surface area contributed by atoms with Crippen molar-refractivity contribution in [3.8, 4) is 17.4 Å². The van der Waals surface area contributed by atoms with Gasteiger partial charge in [0.05, 0.1) is 22.3 Å². The number of anilines is 1. The summed E-state index contributed by atoms with van der Waals surface area (Å²) in [6, 6.07) is 25.0. The molecule has 0 aliphatic carbocycles. The molecule has 0 unspecified atom stereocenters. The molecule has 250 valence electrons. The zero-order valence-corrected chi connectivity index (χ0v) is 26.7. The number of nitrogens with one attached hydrogen (secondary N) is 1. The SMILES string of the molecule is Cn1c(C(=O)N2CCN(Cc3ccc(OCC(F)(F)F)cc3)CC2)cc2ccc(Oc3ccc(NS(=O)(=O)c4ccccc4)cn3)cc21. The van der Waals surface area contributed by atoms with E-state index in [4.69, 9.17) is 9.47 Å². The van der Waals surface area contributed by atoms with E-state index in [2.05, 4.69) is 14.6 Å². The Hall–Kier alpha value is -5.08. The van der Waals surface area contributed by atoms with Crippen molar-refractivity contribution in [2.45, 2.75) is 17.6 Å². The number of hydrogen-bond acceptors (Lipinski definition) is 7. The number of aryl methyl sites for hydroxylation is 1. The van der Waals surface area contributed by atoms with Gasteiger partial charge in [0.25, 0.3) is 15.9 Å². The van der Waals surface area contributed by atoms with Crippen molar-refractivity contribution in [3.05, 3.63) is 108 Å². The molecule has 2 aromatic heterocycles. The van der Waals surface area contributed by atoms with E-state index in [0.717, 1.165) is 16.5 Å². The third kappa shape index (κ3) is 7.89. The van der Waals surface area contributed by atoms with Crippen molar-refractivity contribution in [1.29, 1.82) is 0 Å². The average molecular weight is 680 g/mol. The highest BCUT2D eigenvalue weighted by Gasteiger charge is 2.28. The zero-order chi connectivity index (χ0) is 33.9. The molecule has 6 rings (SSSR count). The Morgan fingerprint density at radius 2 is 1.60 bits per heavy atom. The molecule has 0 saturated carbocycles. The van der Waals surface area contributed by atoms with Crippen LogP contribution in [-0.2, 0) is 23.6 Å². The van der Waals surface area contributed by atoms with Crippen LogP contribution < -0.4 is 14.2 Å². The smallest absolute Gasteiger partial charge is 0.422 e. The van der Waals surface area contributed by atoms with Gasteiger partial charge in [-0.05, 0) is 54.1 Å². The second-order valence-electron chi connectivity index (χ2n) is 11.3. The van der Waals surface area contributed by atoms with Gasteiger partial charge < -0.3 is 18.9 Å². The monoisotopic (exact) mass is 679 g/mol. The summed E-state index contributed by atoms with van der Waals surface area (Å²) < 4.78 is 77.4. The third-order valence-corrected chi connectivity index (χ3v) is 9.29. The first kappa shape index (κ1) is 32.8. The number of benzene rings is 3. The molecular weight excluding hydrogens is 647 g/mol. The fraction of sp³-hybridized carbons (Fsp3) is 0.235. The standard InChI is InChI=1S/C34H32F3N5O5S/c1-40-30-20-28(47-32-14-10-26(21-38-32)39-48(44,45)29-5-3-2-4-6-29)13-9-25(30)19-31(40)33(43)42-17-15-41(16-18-42)22-24-7-11-27(12-8-24)46-23-34(35,36)37/h2-14,19-21,39H,15-18,22-23H2,1H3. The first-order valence-corrected chi connectivity index (χ1v) is 16.5. The molecule has 1 fully saturated rings. The van der Waals surface area contributed by atoms with Gasteiger partial charge in [-0.15, -0.1) is 0 Å². The molecule has 0 bridgehead atoms. The Kier molecular flexibility index (Phi) is 9.29. The van der Waals surface area contributed by atoms with E-state index < -0.39 is 22.8 Å². The molecule has 1 aliphatic rings. The van der Waals surface area contributed by atoms with Gasteiger partial charge in [-0.1, -0.05) is 30.3 Å². The summed E-state index contributed by atoms with van der Waals surface area (Å²) in [6.45, 7) is 1.65. The maximum atomic E-state index is 13.5. The van der Waals surface area contributed by atoms with Gasteiger partial charge in [-0.3, -0.25) is 14.4 Å². The number of piperazine rings is 1. The van der Waals surface area contributed by atoms with Crippen LogP contribution in [-0.4, -0.2) is 72.6 Å². The fourth-order valence-electron chi connectivity index (χ4n) is 5.40. The Morgan fingerprint density at radius 1 is 0.896 bits per heavy atom. The third-order valence-electron chi connectivity index (χ3n) is 7.89. The minimum absolute atomic E-state index is 0.0859. The maximum absolute atomic E-state index is 13.5. The van der Waals surface area contributed by atoms with E-state index in [1.165, 1.54) is 30.5 Å². The van der Waals surface area contributed by atoms with E-state index in [1.807, 2.05) is 34.7 Å². The van der Waals surface area contributed by atoms with Gasteiger partial charge >= 0.3 is 6.18 Å². The van der Waals surface area contributed by atoms with Gasteiger partial charge in [0.15, 0.2) is 6.61 Å². The van der Waals surface area contributed by atoms with Gasteiger partial charge in [0.2, 0.25) is 5.88 Å². The van der Waals surface area contributed by atoms with Gasteiger partial charge in [0.1, 0.15) is 17.2 Å². The molecule has 0 radical (unpaired) electrons. The first-order chi connectivity index (χ1) is 22.9. The van der Waals surface area contributed by atoms with Gasteiger partial charge in [0, 0.05) is 57.3 Å². The van der Waals surface area contributed by atoms with E-state index in [0.29, 0.717) is 49.9 Å². The Balaban J connectivity index is 1.04. The van der Waals surface area contributed by atoms with Crippen LogP contribution in [0, 0.1) is 0 Å². The molecule has 1 N–H and O–H groups in total. The summed E-state index contributed by atoms with van der Waals surface area (Å²) in [5.41, 5.74) is 2.57. The molecule has 48 heavy (non-hydrogen) atoms. The summed E-state index contributed by atoms with van der Waals surface area (Å²) in [5, 5.41) is 0.869. The number of ether oxygens (including phenoxy) is 2. The highest BCUT2D eigenvalue weighted by molar-refractivity contribution is 7.92. The van der Waals surface area contributed by atoms with Crippen molar-refractivity contribution in [3.63, 3.8) is 0 Å². The number of aromatic nitrogens is 2. The number of halogens is 3. The molecule has 1 aliphatic heterocycles. The van der Waals surface area contributed by atoms with E-state index in [-0.39, 0.29) is 22.4 Å². The number of hydrogen-bond donors (Lipinski definition) is 1. The number of alkyl halides is 3. The highest BCUT2D eigenvalue weighted by atomic mass is 32.2. The lowest BCUT2D eigenvalue weighted by atomic mass is 10.2. The normalized spacial score (nSPS) is 14.2. The lowest BCUT2D eigenvalue weighted by Crippen LogP contribution is -2.48. The van der Waals surface area contributed by atoms with Gasteiger partial charge in [-0.25, -0.2) is 13.4 Å². The predicted molar refractivity (Wildman–Crippen MR) is 174 cm³/mol. The largest absolute Gasteiger partial charge is 0.484 e. The first-order valence-electron chi connectivity index (χ1n) is 15.0. The fourth-order valence-corrected chi connectivity index (χ4v) is 6.46. The minimum atomic E-state index is -4.39. The van der Waals surface area contributed by atoms with Crippen LogP contribution in [0.2, 0.25) is 0 Å². The van der Waals surface area contributed by atoms with E-state index in [9.17, 15) is 26.4 Å². The van der Waals surface area contributed by atoms with Crippen LogP contribution in [0.1, 0.15) is 16.1 Å². The predicted octanol–water partition coefficient (Wildman–Crippen LogP) is 6.07. The summed E-state index contributed by atoms with van der Waals surface area (Å²) in [4.78, 5) is 21.9. The Labute approximate surface area is 275 Å². The van der Waals surface area contributed by atoms with Crippen LogP contribution in [0.25, 0.3) is 10.9 Å². The zero-order valence-electron chi connectivity index (χ0n) is 25.9. The summed E-state index contributed by atoms with van der Waals surface area (Å²) in [6.07, 6.45) is -3.01. The van der Waals surface area contributed by atoms with Crippen LogP contribution in [0.5, 0.6) is 17.4 Å². The van der Waals surface area contributed by atoms with Crippen molar-refractivity contribution in [2.75, 3.05) is 37.5 Å². The molecule has 10 nitrogen and oxygen atoms in total. The molecule has 0 atom stereocenters. The topological polar surface area (TPSA) is 106 Å². The quantitative estimate of drug-likeness (QED) is 0.191. The van der Waals surface area contributed by atoms with E-state index in [1.54, 1.807) is 48.5 Å². The lowest BCUT2D eigenvalue weighted by molar-refractivity contribution is -0.153. The maximum Gasteiger partial charge on any atom is 0.422 e. The number of rotatable bonds is 10. The Morgan fingerprint density at radius 3 is 2.27 bits per heavy atom. The van der Waals surface area contributed by atoms with Gasteiger partial charge in [-0.2, -0.15) is 13.2 Å². The Bertz CT molecular complexity index is 1990. The molecule has 14 heteroatoms. The molecule has 3 aromatic carbocycles. The van der Waals surface area contributed by atoms with Crippen molar-refractivity contribution in [1.82, 2.24) is 19.4 Å². The second kappa shape index (κ2) is 13.6. The van der Waals surface area contributed by atoms with Crippen LogP contribution in [0.15, 0.2) is 102 Å². The molecule has 5 aromatic rings. The molecule has 1 saturated heterocycles. The number of sulfonamides is 1. The highest BCUT2D eigenvalue weighted by Crippen LogP contribution is 2.28. The minimum Gasteiger partial charge on any atom is -0.484 e. The number of amides is 1. The molecule has 1 amide bonds. The second-order valence-corrected chi connectivity index (χ2v) is 13.0. The van der Waals surface area contributed by atoms with Crippen molar-refractivity contribution in [2.24, 2.45) is 7.05 Å². The van der Waals surface area contributed by atoms with E-state index >= 15 is 0 Å². The van der Waals surface area contributed by atoms with Crippen molar-refractivity contribution < 1.29 is 35.9 Å². The summed E-state index contributed by atoms with van der Waals surface area (Å²) in [5.74, 6) is 0.849. The number of nitrogens with zero attached hydrogens (tertiary/aromatic N) is 4. The van der Waals surface area contributed by atoms with Crippen molar-refractivity contribution >= 4 is 32.5 Å². The summed E-state index contributed by atoms with van der Waals surface area (Å²) in [7, 11) is -1.92.